The molecule has 0 atom stereocenters. The molecule has 0 aliphatic rings. The summed E-state index contributed by atoms with van der Waals surface area (Å²) in [7, 11) is 3.44. The minimum absolute atomic E-state index is 0.104. The van der Waals surface area contributed by atoms with Crippen molar-refractivity contribution in [2.45, 2.75) is 0 Å². The number of carbonyl (C=O) groups is 1. The Kier molecular flexibility index (Phi) is 4.33. The highest BCUT2D eigenvalue weighted by Crippen LogP contribution is 2.28. The van der Waals surface area contributed by atoms with E-state index in [0.717, 1.165) is 19.1 Å². The molecule has 1 heterocycles. The summed E-state index contributed by atoms with van der Waals surface area (Å²) >= 11 is 5.63. The Bertz CT molecular complexity index is 991. The number of nitrogens with one attached hydrogen (secondary N) is 1. The Morgan fingerprint density at radius 1 is 1.13 bits per heavy atom. The van der Waals surface area contributed by atoms with Gasteiger partial charge in [-0.1, -0.05) is 6.07 Å². The van der Waals surface area contributed by atoms with Crippen molar-refractivity contribution in [1.29, 1.82) is 0 Å². The molecular weight excluding hydrogens is 473 g/mol. The van der Waals surface area contributed by atoms with Crippen LogP contribution in [-0.4, -0.2) is 15.0 Å². The van der Waals surface area contributed by atoms with E-state index in [4.69, 9.17) is 0 Å². The van der Waals surface area contributed by atoms with Gasteiger partial charge in [-0.25, -0.2) is 4.79 Å². The molecule has 118 valence electrons. The quantitative estimate of drug-likeness (QED) is 0.565. The Balaban J connectivity index is 2.03. The Hall–Kier alpha value is -1.61. The van der Waals surface area contributed by atoms with E-state index < -0.39 is 0 Å². The number of hydrogen-bond acceptors (Lipinski definition) is 2. The molecule has 1 N–H and O–H groups in total. The molecule has 3 rings (SSSR count). The largest absolute Gasteiger partial charge is 0.328 e. The summed E-state index contributed by atoms with van der Waals surface area (Å²) in [6, 6.07) is 11.0. The number of nitrogens with zero attached hydrogens (tertiary/aromatic N) is 2. The Labute approximate surface area is 154 Å². The number of amides is 1. The van der Waals surface area contributed by atoms with Gasteiger partial charge >= 0.3 is 5.69 Å². The maximum Gasteiger partial charge on any atom is 0.328 e. The van der Waals surface area contributed by atoms with Crippen LogP contribution >= 0.6 is 38.5 Å². The minimum Gasteiger partial charge on any atom is -0.321 e. The number of aryl methyl sites for hydroxylation is 2. The first kappa shape index (κ1) is 16.3. The van der Waals surface area contributed by atoms with Crippen molar-refractivity contribution in [1.82, 2.24) is 9.13 Å². The average Bonchev–Trinajstić information content (AvgIpc) is 2.72. The molecule has 1 amide bonds. The molecule has 1 aromatic heterocycles. The fourth-order valence-electron chi connectivity index (χ4n) is 2.44. The summed E-state index contributed by atoms with van der Waals surface area (Å²) in [5.41, 5.74) is 2.68. The number of aromatic nitrogens is 2. The van der Waals surface area contributed by atoms with Crippen LogP contribution in [-0.2, 0) is 14.1 Å². The summed E-state index contributed by atoms with van der Waals surface area (Å²) in [5.74, 6) is -0.190. The molecule has 0 aliphatic heterocycles. The third-order valence-electron chi connectivity index (χ3n) is 3.70. The summed E-state index contributed by atoms with van der Waals surface area (Å²) < 4.78 is 4.86. The zero-order chi connectivity index (χ0) is 16.7. The first-order chi connectivity index (χ1) is 10.9. The van der Waals surface area contributed by atoms with Crippen molar-refractivity contribution < 1.29 is 4.79 Å². The minimum atomic E-state index is -0.190. The van der Waals surface area contributed by atoms with Crippen molar-refractivity contribution in [2.75, 3.05) is 5.32 Å². The topological polar surface area (TPSA) is 56.0 Å². The number of carbonyl (C=O) groups excluding carboxylic acids is 1. The lowest BCUT2D eigenvalue weighted by molar-refractivity contribution is 0.102. The van der Waals surface area contributed by atoms with Crippen LogP contribution in [0.3, 0.4) is 0 Å². The second-order valence-corrected chi connectivity index (χ2v) is 7.29. The van der Waals surface area contributed by atoms with E-state index >= 15 is 0 Å². The van der Waals surface area contributed by atoms with Gasteiger partial charge in [0.15, 0.2) is 0 Å². The molecule has 7 heteroatoms. The third-order valence-corrected chi connectivity index (χ3v) is 5.02. The molecule has 3 aromatic rings. The molecule has 0 radical (unpaired) electrons. The molecule has 0 spiro atoms. The molecule has 5 nitrogen and oxygen atoms in total. The lowest BCUT2D eigenvalue weighted by atomic mass is 10.2. The lowest BCUT2D eigenvalue weighted by Crippen LogP contribution is -2.19. The second-order valence-electron chi connectivity index (χ2n) is 5.19. The zero-order valence-electron chi connectivity index (χ0n) is 12.4. The van der Waals surface area contributed by atoms with E-state index in [1.165, 1.54) is 0 Å². The average molecular weight is 486 g/mol. The van der Waals surface area contributed by atoms with Crippen molar-refractivity contribution in [3.8, 4) is 0 Å². The number of anilines is 1. The number of imidazole rings is 1. The highest BCUT2D eigenvalue weighted by molar-refractivity contribution is 14.1. The predicted octanol–water partition coefficient (Wildman–Crippen LogP) is 3.50. The van der Waals surface area contributed by atoms with Gasteiger partial charge in [0.1, 0.15) is 0 Å². The zero-order valence-corrected chi connectivity index (χ0v) is 16.2. The third kappa shape index (κ3) is 2.94. The summed E-state index contributed by atoms with van der Waals surface area (Å²) in [6.45, 7) is 0. The number of hydrogen-bond donors (Lipinski definition) is 1. The van der Waals surface area contributed by atoms with E-state index in [2.05, 4.69) is 43.8 Å². The van der Waals surface area contributed by atoms with Gasteiger partial charge in [0.2, 0.25) is 0 Å². The first-order valence-electron chi connectivity index (χ1n) is 6.80. The lowest BCUT2D eigenvalue weighted by Gasteiger charge is -2.09. The number of halogens is 2. The van der Waals surface area contributed by atoms with Crippen LogP contribution in [0.15, 0.2) is 45.7 Å². The normalized spacial score (nSPS) is 11.0. The van der Waals surface area contributed by atoms with Crippen LogP contribution in [0.2, 0.25) is 0 Å². The molecule has 0 fully saturated rings. The van der Waals surface area contributed by atoms with E-state index in [9.17, 15) is 9.59 Å². The molecule has 0 unspecified atom stereocenters. The number of fused-ring (bicyclic) bond motifs is 1. The Morgan fingerprint density at radius 3 is 2.43 bits per heavy atom. The van der Waals surface area contributed by atoms with Crippen LogP contribution in [0.1, 0.15) is 10.4 Å². The van der Waals surface area contributed by atoms with E-state index in [0.29, 0.717) is 11.3 Å². The van der Waals surface area contributed by atoms with E-state index in [-0.39, 0.29) is 11.6 Å². The van der Waals surface area contributed by atoms with Crippen molar-refractivity contribution >= 4 is 61.1 Å². The maximum atomic E-state index is 12.4. The van der Waals surface area contributed by atoms with Crippen molar-refractivity contribution in [3.63, 3.8) is 0 Å². The van der Waals surface area contributed by atoms with Gasteiger partial charge in [-0.3, -0.25) is 13.9 Å². The molecule has 0 bridgehead atoms. The van der Waals surface area contributed by atoms with Crippen molar-refractivity contribution in [3.05, 3.63) is 60.5 Å². The van der Waals surface area contributed by atoms with E-state index in [1.54, 1.807) is 35.4 Å². The fourth-order valence-corrected chi connectivity index (χ4v) is 3.41. The molecule has 0 saturated heterocycles. The molecule has 23 heavy (non-hydrogen) atoms. The van der Waals surface area contributed by atoms with Gasteiger partial charge < -0.3 is 5.32 Å². The highest BCUT2D eigenvalue weighted by Gasteiger charge is 2.14. The van der Waals surface area contributed by atoms with Gasteiger partial charge in [-0.05, 0) is 68.9 Å². The predicted molar refractivity (Wildman–Crippen MR) is 103 cm³/mol. The molecule has 0 saturated carbocycles. The van der Waals surface area contributed by atoms with Crippen LogP contribution in [0.5, 0.6) is 0 Å². The molecule has 2 aromatic carbocycles. The fraction of sp³-hybridized carbons (Fsp3) is 0.125. The number of rotatable bonds is 2. The summed E-state index contributed by atoms with van der Waals surface area (Å²) in [6.07, 6.45) is 0. The van der Waals surface area contributed by atoms with Crippen LogP contribution in [0.25, 0.3) is 11.0 Å². The standard InChI is InChI=1S/C16H13BrIN3O2/c1-20-13-7-11(17)12(8-14(13)21(2)16(20)23)19-15(22)9-4-3-5-10(18)6-9/h3-8H,1-2H3,(H,19,22). The summed E-state index contributed by atoms with van der Waals surface area (Å²) in [4.78, 5) is 24.4. The summed E-state index contributed by atoms with van der Waals surface area (Å²) in [5, 5.41) is 2.89. The van der Waals surface area contributed by atoms with Crippen LogP contribution < -0.4 is 11.0 Å². The molecular formula is C16H13BrIN3O2. The van der Waals surface area contributed by atoms with Crippen LogP contribution in [0, 0.1) is 3.57 Å². The van der Waals surface area contributed by atoms with Gasteiger partial charge in [0.05, 0.1) is 16.7 Å². The molecule has 0 aliphatic carbocycles. The van der Waals surface area contributed by atoms with Gasteiger partial charge in [0, 0.05) is 27.7 Å². The highest BCUT2D eigenvalue weighted by atomic mass is 127. The van der Waals surface area contributed by atoms with Gasteiger partial charge in [-0.15, -0.1) is 0 Å². The maximum absolute atomic E-state index is 12.4. The van der Waals surface area contributed by atoms with Crippen molar-refractivity contribution in [2.24, 2.45) is 14.1 Å². The Morgan fingerprint density at radius 2 is 1.78 bits per heavy atom. The van der Waals surface area contributed by atoms with Gasteiger partial charge in [-0.2, -0.15) is 0 Å². The smallest absolute Gasteiger partial charge is 0.321 e. The number of benzene rings is 2. The van der Waals surface area contributed by atoms with E-state index in [1.807, 2.05) is 24.3 Å². The van der Waals surface area contributed by atoms with Crippen LogP contribution in [0.4, 0.5) is 5.69 Å². The first-order valence-corrected chi connectivity index (χ1v) is 8.67. The monoisotopic (exact) mass is 485 g/mol. The second kappa shape index (κ2) is 6.12. The SMILES string of the molecule is Cn1c(=O)n(C)c2cc(NC(=O)c3cccc(I)c3)c(Br)cc21. The van der Waals surface area contributed by atoms with Gasteiger partial charge in [0.25, 0.3) is 5.91 Å².